The lowest BCUT2D eigenvalue weighted by atomic mass is 9.90. The first-order valence-corrected chi connectivity index (χ1v) is 8.23. The second-order valence-corrected chi connectivity index (χ2v) is 6.14. The van der Waals surface area contributed by atoms with Gasteiger partial charge in [-0.2, -0.15) is 13.2 Å². The zero-order chi connectivity index (χ0) is 18.6. The molecule has 0 saturated carbocycles. The molecule has 5 nitrogen and oxygen atoms in total. The summed E-state index contributed by atoms with van der Waals surface area (Å²) in [5.41, 5.74) is 0.226. The fourth-order valence-corrected chi connectivity index (χ4v) is 3.04. The molecule has 0 bridgehead atoms. The Morgan fingerprint density at radius 2 is 1.92 bits per heavy atom. The number of carbonyl (C=O) groups excluding carboxylic acids is 1. The van der Waals surface area contributed by atoms with E-state index in [1.165, 1.54) is 0 Å². The number of hydrogen-bond acceptors (Lipinski definition) is 5. The van der Waals surface area contributed by atoms with Gasteiger partial charge in [0.1, 0.15) is 6.42 Å². The van der Waals surface area contributed by atoms with E-state index in [2.05, 4.69) is 10.3 Å². The van der Waals surface area contributed by atoms with Gasteiger partial charge < -0.3 is 10.4 Å². The Morgan fingerprint density at radius 1 is 1.28 bits per heavy atom. The average molecular weight is 372 g/mol. The summed E-state index contributed by atoms with van der Waals surface area (Å²) in [5.74, 6) is -2.08. The number of aromatic nitrogens is 1. The Bertz CT molecular complexity index is 757. The molecule has 25 heavy (non-hydrogen) atoms. The second kappa shape index (κ2) is 7.64. The van der Waals surface area contributed by atoms with Crippen LogP contribution in [0, 0.1) is 0 Å². The normalized spacial score (nSPS) is 12.6. The first-order valence-electron chi connectivity index (χ1n) is 7.35. The number of carbonyl (C=O) groups is 2. The Morgan fingerprint density at radius 3 is 2.40 bits per heavy atom. The molecule has 0 aliphatic carbocycles. The summed E-state index contributed by atoms with van der Waals surface area (Å²) >= 11 is 0.836. The lowest BCUT2D eigenvalue weighted by Gasteiger charge is -2.14. The van der Waals surface area contributed by atoms with Crippen molar-refractivity contribution in [2.45, 2.75) is 31.9 Å². The number of halogens is 3. The highest BCUT2D eigenvalue weighted by molar-refractivity contribution is 7.13. The number of thiazole rings is 1. The summed E-state index contributed by atoms with van der Waals surface area (Å²) < 4.78 is 37.6. The zero-order valence-corrected chi connectivity index (χ0v) is 13.9. The molecule has 2 aromatic rings. The standard InChI is InChI=1S/C16H15F3N2O3S/c1-2-11(12(22)7-14(23)24)9-3-5-10(6-4-9)20-15-21-13(8-25-15)16(17,18)19/h3-6,8,11H,2,7H2,1H3,(H,20,21)(H,23,24)/t11-/m1/s1. The van der Waals surface area contributed by atoms with Crippen molar-refractivity contribution in [3.05, 3.63) is 40.9 Å². The van der Waals surface area contributed by atoms with Gasteiger partial charge in [0, 0.05) is 17.0 Å². The fourth-order valence-electron chi connectivity index (χ4n) is 2.31. The lowest BCUT2D eigenvalue weighted by Crippen LogP contribution is -2.15. The zero-order valence-electron chi connectivity index (χ0n) is 13.1. The number of rotatable bonds is 7. The van der Waals surface area contributed by atoms with Gasteiger partial charge in [0.2, 0.25) is 0 Å². The minimum atomic E-state index is -4.49. The van der Waals surface area contributed by atoms with Gasteiger partial charge in [0.25, 0.3) is 0 Å². The number of carboxylic acid groups (broad SMARTS) is 1. The first-order chi connectivity index (χ1) is 11.7. The van der Waals surface area contributed by atoms with E-state index < -0.39 is 30.2 Å². The van der Waals surface area contributed by atoms with Crippen molar-refractivity contribution >= 4 is 33.9 Å². The Hall–Kier alpha value is -2.42. The third-order valence-corrected chi connectivity index (χ3v) is 4.24. The highest BCUT2D eigenvalue weighted by Crippen LogP contribution is 2.33. The topological polar surface area (TPSA) is 79.3 Å². The summed E-state index contributed by atoms with van der Waals surface area (Å²) in [7, 11) is 0. The lowest BCUT2D eigenvalue weighted by molar-refractivity contribution is -0.141. The first kappa shape index (κ1) is 18.9. The molecule has 0 aliphatic heterocycles. The van der Waals surface area contributed by atoms with E-state index in [-0.39, 0.29) is 10.9 Å². The Kier molecular flexibility index (Phi) is 5.78. The predicted molar refractivity (Wildman–Crippen MR) is 87.1 cm³/mol. The van der Waals surface area contributed by atoms with Crippen molar-refractivity contribution < 1.29 is 27.9 Å². The van der Waals surface area contributed by atoms with Crippen LogP contribution in [0.5, 0.6) is 0 Å². The quantitative estimate of drug-likeness (QED) is 0.703. The van der Waals surface area contributed by atoms with Gasteiger partial charge in [0.15, 0.2) is 16.6 Å². The maximum absolute atomic E-state index is 12.5. The highest BCUT2D eigenvalue weighted by Gasteiger charge is 2.33. The van der Waals surface area contributed by atoms with Gasteiger partial charge in [-0.15, -0.1) is 11.3 Å². The molecule has 0 aliphatic rings. The van der Waals surface area contributed by atoms with Crippen molar-refractivity contribution in [3.8, 4) is 0 Å². The third-order valence-electron chi connectivity index (χ3n) is 3.48. The number of carboxylic acids is 1. The van der Waals surface area contributed by atoms with Crippen LogP contribution >= 0.6 is 11.3 Å². The van der Waals surface area contributed by atoms with E-state index in [4.69, 9.17) is 5.11 Å². The summed E-state index contributed by atoms with van der Waals surface area (Å²) in [4.78, 5) is 26.1. The van der Waals surface area contributed by atoms with E-state index >= 15 is 0 Å². The van der Waals surface area contributed by atoms with Crippen LogP contribution in [-0.2, 0) is 15.8 Å². The smallest absolute Gasteiger partial charge is 0.434 e. The van der Waals surface area contributed by atoms with Gasteiger partial charge in [-0.25, -0.2) is 4.98 Å². The van der Waals surface area contributed by atoms with Crippen LogP contribution in [0.1, 0.15) is 36.9 Å². The molecule has 2 N–H and O–H groups in total. The molecule has 0 radical (unpaired) electrons. The molecular weight excluding hydrogens is 357 g/mol. The fraction of sp³-hybridized carbons (Fsp3) is 0.312. The summed E-state index contributed by atoms with van der Waals surface area (Å²) in [6, 6.07) is 6.52. The van der Waals surface area contributed by atoms with Crippen LogP contribution in [-0.4, -0.2) is 21.8 Å². The molecule has 2 rings (SSSR count). The monoisotopic (exact) mass is 372 g/mol. The van der Waals surface area contributed by atoms with E-state index in [1.807, 2.05) is 0 Å². The maximum Gasteiger partial charge on any atom is 0.434 e. The van der Waals surface area contributed by atoms with Crippen molar-refractivity contribution in [2.24, 2.45) is 0 Å². The average Bonchev–Trinajstić information content (AvgIpc) is 2.97. The van der Waals surface area contributed by atoms with Gasteiger partial charge in [0.05, 0.1) is 0 Å². The van der Waals surface area contributed by atoms with Crippen LogP contribution in [0.2, 0.25) is 0 Å². The van der Waals surface area contributed by atoms with Gasteiger partial charge >= 0.3 is 12.1 Å². The number of hydrogen-bond donors (Lipinski definition) is 2. The molecular formula is C16H15F3N2O3S. The Balaban J connectivity index is 2.10. The number of anilines is 2. The van der Waals surface area contributed by atoms with Crippen LogP contribution < -0.4 is 5.32 Å². The molecule has 0 unspecified atom stereocenters. The molecule has 1 aromatic heterocycles. The summed E-state index contributed by atoms with van der Waals surface area (Å²) in [5, 5.41) is 12.5. The third kappa shape index (κ3) is 5.02. The summed E-state index contributed by atoms with van der Waals surface area (Å²) in [6.07, 6.45) is -4.57. The van der Waals surface area contributed by atoms with Crippen molar-refractivity contribution in [2.75, 3.05) is 5.32 Å². The van der Waals surface area contributed by atoms with E-state index in [9.17, 15) is 22.8 Å². The second-order valence-electron chi connectivity index (χ2n) is 5.28. The molecule has 1 aromatic carbocycles. The highest BCUT2D eigenvalue weighted by atomic mass is 32.1. The van der Waals surface area contributed by atoms with Crippen LogP contribution in [0.4, 0.5) is 24.0 Å². The number of aliphatic carboxylic acids is 1. The molecule has 0 fully saturated rings. The molecule has 0 amide bonds. The van der Waals surface area contributed by atoms with E-state index in [1.54, 1.807) is 31.2 Å². The number of nitrogens with zero attached hydrogens (tertiary/aromatic N) is 1. The van der Waals surface area contributed by atoms with Gasteiger partial charge in [-0.1, -0.05) is 19.1 Å². The number of nitrogens with one attached hydrogen (secondary N) is 1. The van der Waals surface area contributed by atoms with Crippen LogP contribution in [0.25, 0.3) is 0 Å². The molecule has 9 heteroatoms. The molecule has 0 spiro atoms. The number of Topliss-reactive ketones (excluding diaryl/α,β-unsaturated/α-hetero) is 1. The van der Waals surface area contributed by atoms with Crippen LogP contribution in [0.15, 0.2) is 29.6 Å². The van der Waals surface area contributed by atoms with Gasteiger partial charge in [-0.05, 0) is 24.1 Å². The van der Waals surface area contributed by atoms with Crippen LogP contribution in [0.3, 0.4) is 0 Å². The maximum atomic E-state index is 12.5. The van der Waals surface area contributed by atoms with E-state index in [0.717, 1.165) is 16.7 Å². The van der Waals surface area contributed by atoms with Crippen molar-refractivity contribution in [1.82, 2.24) is 4.98 Å². The summed E-state index contributed by atoms with van der Waals surface area (Å²) in [6.45, 7) is 1.78. The Labute approximate surface area is 145 Å². The van der Waals surface area contributed by atoms with Crippen molar-refractivity contribution in [3.63, 3.8) is 0 Å². The van der Waals surface area contributed by atoms with Crippen molar-refractivity contribution in [1.29, 1.82) is 0 Å². The largest absolute Gasteiger partial charge is 0.481 e. The molecule has 0 saturated heterocycles. The number of ketones is 1. The minimum absolute atomic E-state index is 0.106. The molecule has 1 heterocycles. The number of alkyl halides is 3. The molecule has 1 atom stereocenters. The van der Waals surface area contributed by atoms with Gasteiger partial charge in [-0.3, -0.25) is 9.59 Å². The minimum Gasteiger partial charge on any atom is -0.481 e. The van der Waals surface area contributed by atoms with E-state index in [0.29, 0.717) is 17.7 Å². The predicted octanol–water partition coefficient (Wildman–Crippen LogP) is 4.44. The molecule has 134 valence electrons. The SMILES string of the molecule is CC[C@@H](C(=O)CC(=O)O)c1ccc(Nc2nc(C(F)(F)F)cs2)cc1. The number of benzene rings is 1.